The van der Waals surface area contributed by atoms with E-state index in [1.54, 1.807) is 0 Å². The van der Waals surface area contributed by atoms with Crippen molar-refractivity contribution in [1.82, 2.24) is 0 Å². The molecular weight excluding hydrogens is 219 g/mol. The van der Waals surface area contributed by atoms with Gasteiger partial charge >= 0.3 is 18.9 Å². The molecule has 0 amide bonds. The van der Waals surface area contributed by atoms with Gasteiger partial charge in [-0.3, -0.25) is 0 Å². The first-order valence-electron chi connectivity index (χ1n) is 4.42. The van der Waals surface area contributed by atoms with Crippen molar-refractivity contribution in [1.29, 1.82) is 0 Å². The Labute approximate surface area is 111 Å². The summed E-state index contributed by atoms with van der Waals surface area (Å²) in [6, 6.07) is 2.97. The van der Waals surface area contributed by atoms with E-state index in [9.17, 15) is 15.0 Å². The van der Waals surface area contributed by atoms with Gasteiger partial charge in [-0.1, -0.05) is 6.08 Å². The zero-order chi connectivity index (χ0) is 12.1. The third kappa shape index (κ3) is 4.06. The van der Waals surface area contributed by atoms with Crippen LogP contribution >= 0.6 is 0 Å². The number of benzene rings is 1. The summed E-state index contributed by atoms with van der Waals surface area (Å²) >= 11 is 0. The van der Waals surface area contributed by atoms with Gasteiger partial charge in [-0.2, -0.15) is 0 Å². The maximum absolute atomic E-state index is 10.2. The van der Waals surface area contributed by atoms with Gasteiger partial charge < -0.3 is 24.5 Å². The van der Waals surface area contributed by atoms with Gasteiger partial charge in [0.15, 0.2) is 11.5 Å². The number of carbonyl (C=O) groups is 1. The van der Waals surface area contributed by atoms with Crippen LogP contribution in [0.1, 0.15) is 5.56 Å². The van der Waals surface area contributed by atoms with Crippen molar-refractivity contribution >= 4 is 12.0 Å². The van der Waals surface area contributed by atoms with Crippen molar-refractivity contribution in [3.05, 3.63) is 23.8 Å². The monoisotopic (exact) mass is 230 g/mol. The predicted octanol–water partition coefficient (Wildman–Crippen LogP) is -2.82. The van der Waals surface area contributed by atoms with Gasteiger partial charge in [0, 0.05) is 0 Å². The zero-order valence-electron chi connectivity index (χ0n) is 9.89. The van der Waals surface area contributed by atoms with Crippen molar-refractivity contribution in [2.45, 2.75) is 0 Å². The molecule has 0 saturated heterocycles. The van der Waals surface area contributed by atoms with Crippen LogP contribution in [0.3, 0.4) is 0 Å². The average molecular weight is 230 g/mol. The third-order valence-corrected chi connectivity index (χ3v) is 1.91. The maximum atomic E-state index is 10.2. The van der Waals surface area contributed by atoms with Gasteiger partial charge in [-0.05, 0) is 23.8 Å². The molecule has 6 heteroatoms. The van der Waals surface area contributed by atoms with Crippen LogP contribution in [0.2, 0.25) is 0 Å². The first-order chi connectivity index (χ1) is 7.58. The quantitative estimate of drug-likeness (QED) is 0.446. The Morgan fingerprint density at radius 2 is 1.76 bits per heavy atom. The molecule has 1 aromatic rings. The maximum Gasteiger partial charge on any atom is 1.00 e. The van der Waals surface area contributed by atoms with Gasteiger partial charge in [-0.15, -0.1) is 0 Å². The molecule has 0 aliphatic rings. The molecule has 0 heterocycles. The molecule has 1 aromatic carbocycles. The Morgan fingerprint density at radius 3 is 2.12 bits per heavy atom. The number of carbonyl (C=O) groups excluding carboxylic acids is 1. The summed E-state index contributed by atoms with van der Waals surface area (Å²) < 4.78 is 9.82. The Bertz CT molecular complexity index is 403. The zero-order valence-corrected chi connectivity index (χ0v) is 9.89. The van der Waals surface area contributed by atoms with E-state index >= 15 is 0 Å². The molecule has 1 rings (SSSR count). The molecule has 0 aliphatic carbocycles. The topological polar surface area (TPSA) is 78.8 Å². The number of hydrogen-bond donors (Lipinski definition) is 1. The normalized spacial score (nSPS) is 9.76. The summed E-state index contributed by atoms with van der Waals surface area (Å²) in [6.45, 7) is 0. The van der Waals surface area contributed by atoms with Crippen molar-refractivity contribution in [3.8, 4) is 17.2 Å². The number of aromatic hydroxyl groups is 1. The van der Waals surface area contributed by atoms with E-state index in [-0.39, 0.29) is 36.1 Å². The number of methoxy groups -OCH3 is 2. The molecule has 5 nitrogen and oxygen atoms in total. The molecular formula is C11H11LiO5. The van der Waals surface area contributed by atoms with E-state index in [0.717, 1.165) is 6.08 Å². The number of hydrogen-bond acceptors (Lipinski definition) is 5. The van der Waals surface area contributed by atoms with E-state index in [0.29, 0.717) is 5.56 Å². The molecule has 17 heavy (non-hydrogen) atoms. The average Bonchev–Trinajstić information content (AvgIpc) is 2.27. The fraction of sp³-hybridized carbons (Fsp3) is 0.182. The molecule has 0 fully saturated rings. The van der Waals surface area contributed by atoms with Crippen LogP contribution in [0.15, 0.2) is 18.2 Å². The van der Waals surface area contributed by atoms with Gasteiger partial charge in [0.05, 0.1) is 20.2 Å². The number of phenols is 1. The Balaban J connectivity index is 0.00000256. The Hall–Kier alpha value is -1.57. The van der Waals surface area contributed by atoms with Crippen LogP contribution in [0, 0.1) is 0 Å². The molecule has 0 unspecified atom stereocenters. The van der Waals surface area contributed by atoms with Crippen LogP contribution < -0.4 is 33.4 Å². The molecule has 0 spiro atoms. The number of phenolic OH excluding ortho intramolecular Hbond substituents is 1. The molecule has 86 valence electrons. The first-order valence-corrected chi connectivity index (χ1v) is 4.42. The molecule has 0 radical (unpaired) electrons. The smallest absolute Gasteiger partial charge is 0.545 e. The molecule has 0 aromatic heterocycles. The second-order valence-corrected chi connectivity index (χ2v) is 2.93. The SMILES string of the molecule is COc1cc(/C=C/C(=O)[O-])cc(OC)c1O.[Li+]. The fourth-order valence-corrected chi connectivity index (χ4v) is 1.17. The second-order valence-electron chi connectivity index (χ2n) is 2.93. The van der Waals surface area contributed by atoms with Crippen LogP contribution in [0.25, 0.3) is 6.08 Å². The van der Waals surface area contributed by atoms with Crippen LogP contribution in [-0.4, -0.2) is 25.3 Å². The fourth-order valence-electron chi connectivity index (χ4n) is 1.17. The number of rotatable bonds is 4. The van der Waals surface area contributed by atoms with Crippen LogP contribution in [0.4, 0.5) is 0 Å². The predicted molar refractivity (Wildman–Crippen MR) is 55.3 cm³/mol. The van der Waals surface area contributed by atoms with Crippen LogP contribution in [-0.2, 0) is 4.79 Å². The van der Waals surface area contributed by atoms with E-state index in [1.165, 1.54) is 32.4 Å². The number of aliphatic carboxylic acids is 1. The minimum absolute atomic E-state index is 0. The van der Waals surface area contributed by atoms with Gasteiger partial charge in [0.25, 0.3) is 0 Å². The van der Waals surface area contributed by atoms with Crippen molar-refractivity contribution < 1.29 is 43.3 Å². The van der Waals surface area contributed by atoms with Crippen molar-refractivity contribution in [2.75, 3.05) is 14.2 Å². The van der Waals surface area contributed by atoms with E-state index < -0.39 is 5.97 Å². The summed E-state index contributed by atoms with van der Waals surface area (Å²) in [7, 11) is 2.78. The molecule has 0 saturated carbocycles. The Morgan fingerprint density at radius 1 is 1.29 bits per heavy atom. The van der Waals surface area contributed by atoms with E-state index in [2.05, 4.69) is 0 Å². The second kappa shape index (κ2) is 6.89. The summed E-state index contributed by atoms with van der Waals surface area (Å²) in [5, 5.41) is 19.8. The molecule has 0 bridgehead atoms. The molecule has 0 atom stereocenters. The minimum atomic E-state index is -1.30. The summed E-state index contributed by atoms with van der Waals surface area (Å²) in [5.74, 6) is -1.02. The third-order valence-electron chi connectivity index (χ3n) is 1.91. The Kier molecular flexibility index (Phi) is 6.25. The van der Waals surface area contributed by atoms with E-state index in [4.69, 9.17) is 9.47 Å². The van der Waals surface area contributed by atoms with Crippen LogP contribution in [0.5, 0.6) is 17.2 Å². The molecule has 0 aliphatic heterocycles. The molecule has 1 N–H and O–H groups in total. The van der Waals surface area contributed by atoms with Gasteiger partial charge in [0.2, 0.25) is 5.75 Å². The largest absolute Gasteiger partial charge is 1.00 e. The standard InChI is InChI=1S/C11H12O5.Li/c1-15-8-5-7(3-4-10(12)13)6-9(16-2)11(8)14;/h3-6,14H,1-2H3,(H,12,13);/q;+1/p-1/b4-3+;. The summed E-state index contributed by atoms with van der Waals surface area (Å²) in [6.07, 6.45) is 2.20. The minimum Gasteiger partial charge on any atom is -0.545 e. The van der Waals surface area contributed by atoms with E-state index in [1.807, 2.05) is 0 Å². The van der Waals surface area contributed by atoms with Crippen molar-refractivity contribution in [3.63, 3.8) is 0 Å². The number of carboxylic acid groups (broad SMARTS) is 1. The summed E-state index contributed by atoms with van der Waals surface area (Å²) in [5.41, 5.74) is 0.524. The van der Waals surface area contributed by atoms with Crippen molar-refractivity contribution in [2.24, 2.45) is 0 Å². The first kappa shape index (κ1) is 15.4. The number of ether oxygens (including phenoxy) is 2. The van der Waals surface area contributed by atoms with Gasteiger partial charge in [-0.25, -0.2) is 0 Å². The summed E-state index contributed by atoms with van der Waals surface area (Å²) in [4.78, 5) is 10.2. The van der Waals surface area contributed by atoms with Gasteiger partial charge in [0.1, 0.15) is 0 Å². The number of carboxylic acids is 1.